The molecule has 1 aromatic carbocycles. The van der Waals surface area contributed by atoms with Crippen LogP contribution in [-0.4, -0.2) is 24.5 Å². The molecule has 0 aromatic heterocycles. The van der Waals surface area contributed by atoms with Gasteiger partial charge in [-0.2, -0.15) is 0 Å². The Hall–Kier alpha value is -0.860. The van der Waals surface area contributed by atoms with E-state index in [1.807, 2.05) is 0 Å². The van der Waals surface area contributed by atoms with Crippen molar-refractivity contribution in [1.82, 2.24) is 4.90 Å². The maximum atomic E-state index is 6.12. The summed E-state index contributed by atoms with van der Waals surface area (Å²) in [7, 11) is 2.27. The lowest BCUT2D eigenvalue weighted by molar-refractivity contribution is 0.122. The van der Waals surface area contributed by atoms with Crippen molar-refractivity contribution in [2.24, 2.45) is 11.7 Å². The van der Waals surface area contributed by atoms with Gasteiger partial charge in [-0.25, -0.2) is 0 Å². The van der Waals surface area contributed by atoms with Crippen molar-refractivity contribution in [2.45, 2.75) is 65.0 Å². The Morgan fingerprint density at radius 3 is 2.14 bits per heavy atom. The number of hydrogen-bond acceptors (Lipinski definition) is 2. The molecule has 1 atom stereocenters. The fourth-order valence-electron chi connectivity index (χ4n) is 3.95. The summed E-state index contributed by atoms with van der Waals surface area (Å²) in [5, 5.41) is 0. The summed E-state index contributed by atoms with van der Waals surface area (Å²) >= 11 is 0. The summed E-state index contributed by atoms with van der Waals surface area (Å²) in [5.41, 5.74) is 10.2. The SMILES string of the molecule is CCC1CCC(N(C)C(CN)c2cc(C)cc(C)c2)CC1. The highest BCUT2D eigenvalue weighted by atomic mass is 15.2. The summed E-state index contributed by atoms with van der Waals surface area (Å²) in [4.78, 5) is 2.54. The molecule has 0 heterocycles. The van der Waals surface area contributed by atoms with Crippen molar-refractivity contribution >= 4 is 0 Å². The summed E-state index contributed by atoms with van der Waals surface area (Å²) in [5.74, 6) is 0.951. The Morgan fingerprint density at radius 1 is 1.10 bits per heavy atom. The van der Waals surface area contributed by atoms with E-state index in [1.54, 1.807) is 0 Å². The van der Waals surface area contributed by atoms with Gasteiger partial charge in [0, 0.05) is 18.6 Å². The molecule has 0 radical (unpaired) electrons. The number of rotatable bonds is 5. The maximum Gasteiger partial charge on any atom is 0.0470 e. The molecule has 1 aromatic rings. The van der Waals surface area contributed by atoms with E-state index < -0.39 is 0 Å². The minimum Gasteiger partial charge on any atom is -0.329 e. The van der Waals surface area contributed by atoms with Crippen molar-refractivity contribution in [3.63, 3.8) is 0 Å². The van der Waals surface area contributed by atoms with Crippen LogP contribution in [0.4, 0.5) is 0 Å². The zero-order chi connectivity index (χ0) is 15.4. The Bertz CT molecular complexity index is 427. The third-order valence-corrected chi connectivity index (χ3v) is 5.31. The molecule has 1 aliphatic rings. The number of benzene rings is 1. The van der Waals surface area contributed by atoms with E-state index in [0.717, 1.165) is 5.92 Å². The minimum absolute atomic E-state index is 0.353. The fourth-order valence-corrected chi connectivity index (χ4v) is 3.95. The van der Waals surface area contributed by atoms with Gasteiger partial charge in [-0.1, -0.05) is 42.7 Å². The van der Waals surface area contributed by atoms with Crippen LogP contribution in [0.3, 0.4) is 0 Å². The van der Waals surface area contributed by atoms with Crippen molar-refractivity contribution in [1.29, 1.82) is 0 Å². The molecule has 2 heteroatoms. The van der Waals surface area contributed by atoms with E-state index in [2.05, 4.69) is 50.9 Å². The van der Waals surface area contributed by atoms with Gasteiger partial charge in [0.05, 0.1) is 0 Å². The third-order valence-electron chi connectivity index (χ3n) is 5.31. The average molecular weight is 288 g/mol. The van der Waals surface area contributed by atoms with Crippen LogP contribution in [0, 0.1) is 19.8 Å². The highest BCUT2D eigenvalue weighted by Gasteiger charge is 2.27. The smallest absolute Gasteiger partial charge is 0.0470 e. The molecular weight excluding hydrogens is 256 g/mol. The molecule has 21 heavy (non-hydrogen) atoms. The van der Waals surface area contributed by atoms with Crippen LogP contribution in [0.5, 0.6) is 0 Å². The van der Waals surface area contributed by atoms with Gasteiger partial charge < -0.3 is 5.73 Å². The predicted octanol–water partition coefficient (Wildman–Crippen LogP) is 4.20. The first kappa shape index (κ1) is 16.5. The van der Waals surface area contributed by atoms with E-state index in [9.17, 15) is 0 Å². The Labute approximate surface area is 130 Å². The van der Waals surface area contributed by atoms with E-state index in [0.29, 0.717) is 18.6 Å². The van der Waals surface area contributed by atoms with Gasteiger partial charge in [0.25, 0.3) is 0 Å². The van der Waals surface area contributed by atoms with E-state index in [4.69, 9.17) is 5.73 Å². The first-order valence-electron chi connectivity index (χ1n) is 8.55. The van der Waals surface area contributed by atoms with Gasteiger partial charge in [0.2, 0.25) is 0 Å². The molecule has 2 rings (SSSR count). The number of nitrogens with zero attached hydrogens (tertiary/aromatic N) is 1. The Kier molecular flexibility index (Phi) is 5.83. The maximum absolute atomic E-state index is 6.12. The molecule has 0 saturated heterocycles. The van der Waals surface area contributed by atoms with Crippen molar-refractivity contribution in [2.75, 3.05) is 13.6 Å². The van der Waals surface area contributed by atoms with E-state index in [-0.39, 0.29) is 0 Å². The van der Waals surface area contributed by atoms with E-state index >= 15 is 0 Å². The fraction of sp³-hybridized carbons (Fsp3) is 0.684. The molecule has 1 fully saturated rings. The quantitative estimate of drug-likeness (QED) is 0.879. The van der Waals surface area contributed by atoms with Gasteiger partial charge in [-0.15, -0.1) is 0 Å². The molecule has 1 unspecified atom stereocenters. The monoisotopic (exact) mass is 288 g/mol. The minimum atomic E-state index is 0.353. The number of nitrogens with two attached hydrogens (primary N) is 1. The molecular formula is C19H32N2. The van der Waals surface area contributed by atoms with Gasteiger partial charge in [-0.3, -0.25) is 4.90 Å². The lowest BCUT2D eigenvalue weighted by Crippen LogP contribution is -2.40. The van der Waals surface area contributed by atoms with E-state index in [1.165, 1.54) is 48.8 Å². The predicted molar refractivity (Wildman–Crippen MR) is 91.5 cm³/mol. The zero-order valence-electron chi connectivity index (χ0n) is 14.2. The number of likely N-dealkylation sites (N-methyl/N-ethyl adjacent to an activating group) is 1. The second kappa shape index (κ2) is 7.42. The molecule has 0 spiro atoms. The molecule has 2 N–H and O–H groups in total. The molecule has 0 bridgehead atoms. The van der Waals surface area contributed by atoms with Crippen LogP contribution in [0.25, 0.3) is 0 Å². The molecule has 1 saturated carbocycles. The van der Waals surface area contributed by atoms with Crippen molar-refractivity contribution < 1.29 is 0 Å². The molecule has 2 nitrogen and oxygen atoms in total. The summed E-state index contributed by atoms with van der Waals surface area (Å²) < 4.78 is 0. The molecule has 1 aliphatic carbocycles. The lowest BCUT2D eigenvalue weighted by atomic mass is 9.83. The normalized spacial score (nSPS) is 24.3. The average Bonchev–Trinajstić information content (AvgIpc) is 2.47. The van der Waals surface area contributed by atoms with Gasteiger partial charge >= 0.3 is 0 Å². The Balaban J connectivity index is 2.09. The second-order valence-electron chi connectivity index (χ2n) is 6.92. The van der Waals surface area contributed by atoms with Crippen molar-refractivity contribution in [3.05, 3.63) is 34.9 Å². The van der Waals surface area contributed by atoms with Gasteiger partial charge in [0.1, 0.15) is 0 Å². The Morgan fingerprint density at radius 2 is 1.67 bits per heavy atom. The van der Waals surface area contributed by atoms with Crippen LogP contribution in [-0.2, 0) is 0 Å². The largest absolute Gasteiger partial charge is 0.329 e. The first-order chi connectivity index (χ1) is 10.0. The van der Waals surface area contributed by atoms with Crippen LogP contribution < -0.4 is 5.73 Å². The van der Waals surface area contributed by atoms with Crippen LogP contribution in [0.1, 0.15) is 61.8 Å². The summed E-state index contributed by atoms with van der Waals surface area (Å²) in [6.45, 7) is 7.38. The standard InChI is InChI=1S/C19H32N2/c1-5-16-6-8-18(9-7-16)21(4)19(13-20)17-11-14(2)10-15(3)12-17/h10-12,16,18-19H,5-9,13,20H2,1-4H3. The lowest BCUT2D eigenvalue weighted by Gasteiger charge is -2.39. The van der Waals surface area contributed by atoms with Crippen molar-refractivity contribution in [3.8, 4) is 0 Å². The van der Waals surface area contributed by atoms with Crippen LogP contribution in [0.2, 0.25) is 0 Å². The second-order valence-corrected chi connectivity index (χ2v) is 6.92. The molecule has 0 amide bonds. The van der Waals surface area contributed by atoms with Crippen LogP contribution in [0.15, 0.2) is 18.2 Å². The van der Waals surface area contributed by atoms with Gasteiger partial charge in [0.15, 0.2) is 0 Å². The van der Waals surface area contributed by atoms with Gasteiger partial charge in [-0.05, 0) is 58.1 Å². The topological polar surface area (TPSA) is 29.3 Å². The number of aryl methyl sites for hydroxylation is 2. The number of hydrogen-bond donors (Lipinski definition) is 1. The third kappa shape index (κ3) is 4.08. The molecule has 0 aliphatic heterocycles. The summed E-state index contributed by atoms with van der Waals surface area (Å²) in [6.07, 6.45) is 6.77. The zero-order valence-corrected chi connectivity index (χ0v) is 14.2. The van der Waals surface area contributed by atoms with Crippen LogP contribution >= 0.6 is 0 Å². The highest BCUT2D eigenvalue weighted by molar-refractivity contribution is 5.31. The highest BCUT2D eigenvalue weighted by Crippen LogP contribution is 2.33. The first-order valence-corrected chi connectivity index (χ1v) is 8.55. The summed E-state index contributed by atoms with van der Waals surface area (Å²) in [6, 6.07) is 7.90. The molecule has 118 valence electrons.